The van der Waals surface area contributed by atoms with Crippen LogP contribution in [0.2, 0.25) is 0 Å². The third-order valence-electron chi connectivity index (χ3n) is 8.70. The van der Waals surface area contributed by atoms with E-state index in [0.717, 1.165) is 13.4 Å². The zero-order valence-corrected chi connectivity index (χ0v) is 23.7. The van der Waals surface area contributed by atoms with E-state index >= 15 is 0 Å². The van der Waals surface area contributed by atoms with E-state index in [-0.39, 0.29) is 10.8 Å². The molecule has 1 fully saturated rings. The molecule has 0 spiro atoms. The van der Waals surface area contributed by atoms with Gasteiger partial charge >= 0.3 is 0 Å². The summed E-state index contributed by atoms with van der Waals surface area (Å²) in [7, 11) is 0. The summed E-state index contributed by atoms with van der Waals surface area (Å²) in [6.45, 7) is 7.53. The van der Waals surface area contributed by atoms with E-state index in [2.05, 4.69) is 135 Å². The molecule has 166 valence electrons. The second kappa shape index (κ2) is 7.54. The molecule has 2 aliphatic rings. The molecule has 2 aliphatic carbocycles. The van der Waals surface area contributed by atoms with Crippen molar-refractivity contribution in [2.45, 2.75) is 44.9 Å². The van der Waals surface area contributed by atoms with E-state index in [1.165, 1.54) is 45.9 Å². The first-order valence-electron chi connectivity index (χ1n) is 11.5. The van der Waals surface area contributed by atoms with Crippen molar-refractivity contribution in [1.82, 2.24) is 0 Å². The van der Waals surface area contributed by atoms with Crippen LogP contribution in [0.4, 0.5) is 0 Å². The van der Waals surface area contributed by atoms with Crippen molar-refractivity contribution in [3.05, 3.63) is 91.3 Å². The highest BCUT2D eigenvalue weighted by Crippen LogP contribution is 2.71. The minimum Gasteiger partial charge on any atom is -0.0585 e. The standard InChI is InChI=1S/C30H25Br3/c1-29(2)24-14-15-30(29,3)28-26(18-6-10-20(32)11-7-18)22-13-12-21(33)16-23(22)25(27(24)28)17-4-8-19(31)9-5-17/h4-13,16,24H,14-15H2,1-3H3. The molecular weight excluding hydrogens is 600 g/mol. The Morgan fingerprint density at radius 1 is 0.667 bits per heavy atom. The molecule has 2 unspecified atom stereocenters. The largest absolute Gasteiger partial charge is 0.0585 e. The summed E-state index contributed by atoms with van der Waals surface area (Å²) in [5.74, 6) is 0.564. The van der Waals surface area contributed by atoms with Gasteiger partial charge in [0.25, 0.3) is 0 Å². The lowest BCUT2D eigenvalue weighted by molar-refractivity contribution is 0.231. The lowest BCUT2D eigenvalue weighted by atomic mass is 9.67. The molecule has 0 nitrogen and oxygen atoms in total. The topological polar surface area (TPSA) is 0 Å². The van der Waals surface area contributed by atoms with Crippen LogP contribution in [0.1, 0.15) is 50.7 Å². The maximum Gasteiger partial charge on any atom is 0.0181 e. The number of fused-ring (bicyclic) bond motifs is 6. The van der Waals surface area contributed by atoms with Gasteiger partial charge in [-0.15, -0.1) is 0 Å². The van der Waals surface area contributed by atoms with E-state index in [0.29, 0.717) is 5.92 Å². The Morgan fingerprint density at radius 3 is 1.82 bits per heavy atom. The highest BCUT2D eigenvalue weighted by atomic mass is 79.9. The molecule has 0 heterocycles. The Morgan fingerprint density at radius 2 is 1.21 bits per heavy atom. The van der Waals surface area contributed by atoms with Crippen molar-refractivity contribution in [1.29, 1.82) is 0 Å². The first-order chi connectivity index (χ1) is 15.7. The van der Waals surface area contributed by atoms with Gasteiger partial charge < -0.3 is 0 Å². The van der Waals surface area contributed by atoms with Crippen molar-refractivity contribution in [3.8, 4) is 22.3 Å². The molecule has 0 saturated heterocycles. The summed E-state index contributed by atoms with van der Waals surface area (Å²) in [6, 6.07) is 24.7. The number of hydrogen-bond donors (Lipinski definition) is 0. The Kier molecular flexibility index (Phi) is 5.04. The summed E-state index contributed by atoms with van der Waals surface area (Å²) in [4.78, 5) is 0. The van der Waals surface area contributed by atoms with E-state index < -0.39 is 0 Å². The van der Waals surface area contributed by atoms with Crippen LogP contribution in [-0.2, 0) is 5.41 Å². The van der Waals surface area contributed by atoms with E-state index in [9.17, 15) is 0 Å². The quantitative estimate of drug-likeness (QED) is 0.208. The Labute approximate surface area is 221 Å². The molecule has 6 rings (SSSR count). The van der Waals surface area contributed by atoms with Crippen LogP contribution in [0.15, 0.2) is 80.1 Å². The van der Waals surface area contributed by atoms with Crippen LogP contribution in [0.25, 0.3) is 33.0 Å². The van der Waals surface area contributed by atoms with Gasteiger partial charge in [-0.2, -0.15) is 0 Å². The van der Waals surface area contributed by atoms with Crippen LogP contribution < -0.4 is 0 Å². The van der Waals surface area contributed by atoms with Gasteiger partial charge in [0.1, 0.15) is 0 Å². The molecule has 0 amide bonds. The van der Waals surface area contributed by atoms with Crippen LogP contribution in [0, 0.1) is 5.41 Å². The average Bonchev–Trinajstić information content (AvgIpc) is 3.11. The molecule has 2 atom stereocenters. The minimum absolute atomic E-state index is 0.154. The van der Waals surface area contributed by atoms with E-state index in [1.54, 1.807) is 11.1 Å². The zero-order valence-electron chi connectivity index (χ0n) is 19.0. The molecule has 0 aliphatic heterocycles. The fourth-order valence-corrected chi connectivity index (χ4v) is 7.59. The molecule has 2 bridgehead atoms. The molecule has 0 aromatic heterocycles. The highest BCUT2D eigenvalue weighted by molar-refractivity contribution is 9.11. The van der Waals surface area contributed by atoms with Crippen molar-refractivity contribution in [2.75, 3.05) is 0 Å². The number of hydrogen-bond acceptors (Lipinski definition) is 0. The summed E-state index contributed by atoms with van der Waals surface area (Å²) >= 11 is 11.1. The fourth-order valence-electron chi connectivity index (χ4n) is 6.70. The first-order valence-corrected chi connectivity index (χ1v) is 13.9. The van der Waals surface area contributed by atoms with Crippen molar-refractivity contribution in [2.24, 2.45) is 5.41 Å². The van der Waals surface area contributed by atoms with E-state index in [1.807, 2.05) is 0 Å². The van der Waals surface area contributed by atoms with Gasteiger partial charge in [-0.1, -0.05) is 98.9 Å². The van der Waals surface area contributed by atoms with Crippen LogP contribution in [-0.4, -0.2) is 0 Å². The molecule has 4 aromatic rings. The fraction of sp³-hybridized carbons (Fsp3) is 0.267. The third-order valence-corrected chi connectivity index (χ3v) is 10.3. The molecule has 4 aromatic carbocycles. The Balaban J connectivity index is 1.83. The van der Waals surface area contributed by atoms with Crippen LogP contribution in [0.3, 0.4) is 0 Å². The van der Waals surface area contributed by atoms with Crippen molar-refractivity contribution < 1.29 is 0 Å². The van der Waals surface area contributed by atoms with Gasteiger partial charge in [0.2, 0.25) is 0 Å². The van der Waals surface area contributed by atoms with Gasteiger partial charge in [0.15, 0.2) is 0 Å². The summed E-state index contributed by atoms with van der Waals surface area (Å²) in [5.41, 5.74) is 9.02. The van der Waals surface area contributed by atoms with Crippen LogP contribution >= 0.6 is 47.8 Å². The minimum atomic E-state index is 0.154. The Bertz CT molecular complexity index is 1410. The van der Waals surface area contributed by atoms with Gasteiger partial charge in [-0.05, 0) is 110 Å². The van der Waals surface area contributed by atoms with E-state index in [4.69, 9.17) is 0 Å². The third kappa shape index (κ3) is 3.04. The Hall–Kier alpha value is -1.42. The SMILES string of the molecule is CC12CCC(c3c1c(-c1ccc(Br)cc1)c1ccc(Br)cc1c3-c1ccc(Br)cc1)C2(C)C. The lowest BCUT2D eigenvalue weighted by Crippen LogP contribution is -2.31. The molecule has 0 radical (unpaired) electrons. The molecule has 0 N–H and O–H groups in total. The predicted molar refractivity (Wildman–Crippen MR) is 151 cm³/mol. The highest BCUT2D eigenvalue weighted by Gasteiger charge is 2.61. The monoisotopic (exact) mass is 622 g/mol. The predicted octanol–water partition coefficient (Wildman–Crippen LogP) is 10.6. The second-order valence-corrected chi connectivity index (χ2v) is 13.1. The maximum absolute atomic E-state index is 3.78. The van der Waals surface area contributed by atoms with Gasteiger partial charge in [0, 0.05) is 13.4 Å². The normalized spacial score (nSPS) is 22.7. The summed E-state index contributed by atoms with van der Waals surface area (Å²) in [5, 5.41) is 2.69. The molecular formula is C30H25Br3. The number of halogens is 3. The smallest absolute Gasteiger partial charge is 0.0181 e. The summed E-state index contributed by atoms with van der Waals surface area (Å²) < 4.78 is 3.37. The van der Waals surface area contributed by atoms with Crippen molar-refractivity contribution >= 4 is 58.6 Å². The second-order valence-electron chi connectivity index (χ2n) is 10.4. The average molecular weight is 625 g/mol. The van der Waals surface area contributed by atoms with Gasteiger partial charge in [-0.3, -0.25) is 0 Å². The van der Waals surface area contributed by atoms with Gasteiger partial charge in [0.05, 0.1) is 0 Å². The molecule has 1 saturated carbocycles. The summed E-state index contributed by atoms with van der Waals surface area (Å²) in [6.07, 6.45) is 2.52. The number of benzene rings is 4. The number of rotatable bonds is 2. The van der Waals surface area contributed by atoms with Crippen molar-refractivity contribution in [3.63, 3.8) is 0 Å². The zero-order chi connectivity index (χ0) is 23.1. The van der Waals surface area contributed by atoms with Gasteiger partial charge in [-0.25, -0.2) is 0 Å². The molecule has 3 heteroatoms. The van der Waals surface area contributed by atoms with Crippen LogP contribution in [0.5, 0.6) is 0 Å². The molecule has 33 heavy (non-hydrogen) atoms. The first kappa shape index (κ1) is 22.1. The maximum atomic E-state index is 3.78. The lowest BCUT2D eigenvalue weighted by Gasteiger charge is -2.37.